The van der Waals surface area contributed by atoms with Gasteiger partial charge >= 0.3 is 6.18 Å². The fourth-order valence-electron chi connectivity index (χ4n) is 9.36. The molecule has 3 aliphatic heterocycles. The number of piperidine rings is 1. The lowest BCUT2D eigenvalue weighted by atomic mass is 9.82. The number of nitriles is 1. The molecule has 15 heteroatoms. The zero-order valence-electron chi connectivity index (χ0n) is 33.1. The number of nitrogens with zero attached hydrogens (tertiary/aromatic N) is 6. The second kappa shape index (κ2) is 17.3. The molecule has 11 nitrogen and oxygen atoms in total. The van der Waals surface area contributed by atoms with Gasteiger partial charge in [-0.25, -0.2) is 4.98 Å². The van der Waals surface area contributed by atoms with E-state index in [0.717, 1.165) is 86.4 Å². The first-order valence-corrected chi connectivity index (χ1v) is 20.4. The lowest BCUT2D eigenvalue weighted by molar-refractivity contribution is -0.138. The molecule has 0 radical (unpaired) electrons. The normalized spacial score (nSPS) is 26.1. The summed E-state index contributed by atoms with van der Waals surface area (Å²) in [5, 5.41) is 11.7. The second-order valence-corrected chi connectivity index (χ2v) is 17.3. The molecule has 0 bridgehead atoms. The maximum Gasteiger partial charge on any atom is 0.419 e. The molecule has 1 unspecified atom stereocenters. The predicted octanol–water partition coefficient (Wildman–Crippen LogP) is 5.82. The van der Waals surface area contributed by atoms with Crippen LogP contribution in [-0.2, 0) is 38.2 Å². The maximum atomic E-state index is 13.7. The number of hydrogen-bond acceptors (Lipinski definition) is 9. The Hall–Kier alpha value is -4.26. The van der Waals surface area contributed by atoms with Crippen molar-refractivity contribution in [3.05, 3.63) is 58.9 Å². The summed E-state index contributed by atoms with van der Waals surface area (Å²) in [5.74, 6) is -0.414. The molecule has 2 aromatic rings. The first-order valence-electron chi connectivity index (χ1n) is 20.0. The van der Waals surface area contributed by atoms with Gasteiger partial charge in [0.15, 0.2) is 16.6 Å². The Balaban J connectivity index is 0.943. The third kappa shape index (κ3) is 9.56. The number of ketones is 1. The predicted molar refractivity (Wildman–Crippen MR) is 212 cm³/mol. The average Bonchev–Trinajstić information content (AvgIpc) is 3.32. The third-order valence-corrected chi connectivity index (χ3v) is 12.7. The smallest absolute Gasteiger partial charge is 0.331 e. The van der Waals surface area contributed by atoms with Crippen molar-refractivity contribution in [3.8, 4) is 6.07 Å². The Morgan fingerprint density at radius 3 is 2.37 bits per heavy atom. The number of aromatic nitrogens is 1. The molecule has 4 aliphatic rings. The molecule has 57 heavy (non-hydrogen) atoms. The number of rotatable bonds is 12. The number of piperazine rings is 1. The van der Waals surface area contributed by atoms with E-state index < -0.39 is 28.9 Å². The quantitative estimate of drug-likeness (QED) is 0.207. The minimum atomic E-state index is -4.81. The zero-order chi connectivity index (χ0) is 41.2. The molecule has 1 aliphatic carbocycles. The van der Waals surface area contributed by atoms with Crippen molar-refractivity contribution in [3.63, 3.8) is 0 Å². The maximum absolute atomic E-state index is 13.7. The highest BCUT2D eigenvalue weighted by molar-refractivity contribution is 7.80. The summed E-state index contributed by atoms with van der Waals surface area (Å²) in [5.41, 5.74) is -1.17. The molecular weight excluding hydrogens is 756 g/mol. The number of amides is 3. The molecule has 3 saturated heterocycles. The Bertz CT molecular complexity index is 1910. The standard InChI is InChI=1S/C42H52F3N7O4S/c1-26-23-49(24-27(2)50(26)25-34(53)19-30-8-5-7-29(17-30)18-31-12-15-37(54)48-38(31)55)16-6-9-28-10-13-32(14-11-28)52-40(57)51(39(56)41(52,3)4)33-20-35(42(43,44)45)36(21-46)47-22-33/h5,7-8,17,20,22,26-28,31-32H,6,9-16,18-19,23-25H2,1-4H3,(H,48,54,55)/t26-,27+,28?,31?,32?. The van der Waals surface area contributed by atoms with Gasteiger partial charge in [0.2, 0.25) is 11.8 Å². The number of hydrogen-bond donors (Lipinski definition) is 1. The van der Waals surface area contributed by atoms with E-state index in [1.54, 1.807) is 13.8 Å². The number of thiocarbonyl (C=S) groups is 1. The number of carbonyl (C=O) groups is 4. The second-order valence-electron chi connectivity index (χ2n) is 16.9. The SMILES string of the molecule is C[C@@H]1CN(CCCC2CCC(N3C(=S)N(c4cnc(C#N)c(C(F)(F)F)c4)C(=O)C3(C)C)CC2)C[C@H](C)N1CC(=O)Cc1cccc(CC2CCC(=O)NC2=O)c1. The summed E-state index contributed by atoms with van der Waals surface area (Å²) in [6, 6.07) is 10.5. The van der Waals surface area contributed by atoms with Crippen LogP contribution in [0.1, 0.15) is 101 Å². The minimum absolute atomic E-state index is 0.0228. The summed E-state index contributed by atoms with van der Waals surface area (Å²) >= 11 is 5.75. The van der Waals surface area contributed by atoms with Gasteiger partial charge in [-0.3, -0.25) is 34.3 Å². The van der Waals surface area contributed by atoms with E-state index in [2.05, 4.69) is 33.9 Å². The Labute approximate surface area is 337 Å². The Morgan fingerprint density at radius 1 is 1.04 bits per heavy atom. The monoisotopic (exact) mass is 807 g/mol. The van der Waals surface area contributed by atoms with Crippen molar-refractivity contribution < 1.29 is 32.3 Å². The van der Waals surface area contributed by atoms with E-state index in [1.807, 2.05) is 29.2 Å². The van der Waals surface area contributed by atoms with Crippen LogP contribution in [0.5, 0.6) is 0 Å². The minimum Gasteiger partial charge on any atom is -0.331 e. The highest BCUT2D eigenvalue weighted by Gasteiger charge is 2.53. The van der Waals surface area contributed by atoms with Gasteiger partial charge in [0.05, 0.1) is 24.0 Å². The van der Waals surface area contributed by atoms with E-state index in [9.17, 15) is 32.3 Å². The van der Waals surface area contributed by atoms with Crippen molar-refractivity contribution in [1.82, 2.24) is 25.0 Å². The number of imide groups is 1. The molecule has 0 spiro atoms. The molecule has 1 N–H and O–H groups in total. The number of halogens is 3. The molecular formula is C42H52F3N7O4S. The molecule has 1 aromatic heterocycles. The number of carbonyl (C=O) groups excluding carboxylic acids is 4. The average molecular weight is 808 g/mol. The van der Waals surface area contributed by atoms with Crippen molar-refractivity contribution in [2.45, 2.75) is 122 Å². The fraction of sp³-hybridized carbons (Fsp3) is 0.595. The largest absolute Gasteiger partial charge is 0.419 e. The van der Waals surface area contributed by atoms with Crippen molar-refractivity contribution >= 4 is 46.5 Å². The van der Waals surface area contributed by atoms with Gasteiger partial charge in [0, 0.05) is 50.0 Å². The topological polar surface area (TPSA) is 130 Å². The number of anilines is 1. The van der Waals surface area contributed by atoms with Crippen LogP contribution in [0.2, 0.25) is 0 Å². The highest BCUT2D eigenvalue weighted by Crippen LogP contribution is 2.41. The number of alkyl halides is 3. The van der Waals surface area contributed by atoms with Gasteiger partial charge < -0.3 is 9.80 Å². The lowest BCUT2D eigenvalue weighted by Gasteiger charge is -2.44. The third-order valence-electron chi connectivity index (χ3n) is 12.3. The van der Waals surface area contributed by atoms with Crippen LogP contribution in [0.4, 0.5) is 18.9 Å². The molecule has 4 fully saturated rings. The van der Waals surface area contributed by atoms with Crippen molar-refractivity contribution in [2.24, 2.45) is 11.8 Å². The van der Waals surface area contributed by atoms with Crippen LogP contribution in [-0.4, -0.2) is 98.1 Å². The Morgan fingerprint density at radius 2 is 1.72 bits per heavy atom. The van der Waals surface area contributed by atoms with Crippen LogP contribution in [0.15, 0.2) is 36.5 Å². The number of nitrogens with one attached hydrogen (secondary N) is 1. The van der Waals surface area contributed by atoms with Crippen LogP contribution in [0.3, 0.4) is 0 Å². The highest BCUT2D eigenvalue weighted by atomic mass is 32.1. The van der Waals surface area contributed by atoms with Gasteiger partial charge in [0.1, 0.15) is 11.6 Å². The molecule has 6 rings (SSSR count). The molecule has 3 amide bonds. The van der Waals surface area contributed by atoms with E-state index in [1.165, 1.54) is 6.07 Å². The van der Waals surface area contributed by atoms with E-state index in [-0.39, 0.29) is 52.4 Å². The number of Topliss-reactive ketones (excluding diaryl/α,β-unsaturated/α-hetero) is 1. The van der Waals surface area contributed by atoms with E-state index in [4.69, 9.17) is 17.5 Å². The van der Waals surface area contributed by atoms with Gasteiger partial charge in [-0.05, 0) is 121 Å². The van der Waals surface area contributed by atoms with Crippen LogP contribution in [0, 0.1) is 23.2 Å². The van der Waals surface area contributed by atoms with Crippen LogP contribution >= 0.6 is 12.2 Å². The molecule has 1 saturated carbocycles. The number of pyridine rings is 1. The zero-order valence-corrected chi connectivity index (χ0v) is 33.9. The van der Waals surface area contributed by atoms with Crippen LogP contribution < -0.4 is 10.2 Å². The first kappa shape index (κ1) is 42.3. The molecule has 306 valence electrons. The fourth-order valence-corrected chi connectivity index (χ4v) is 9.92. The lowest BCUT2D eigenvalue weighted by Crippen LogP contribution is -2.58. The Kier molecular flexibility index (Phi) is 12.9. The number of benzene rings is 1. The van der Waals surface area contributed by atoms with Crippen LogP contribution in [0.25, 0.3) is 0 Å². The van der Waals surface area contributed by atoms with Crippen molar-refractivity contribution in [1.29, 1.82) is 5.26 Å². The van der Waals surface area contributed by atoms with Gasteiger partial charge in [-0.1, -0.05) is 24.3 Å². The van der Waals surface area contributed by atoms with Crippen molar-refractivity contribution in [2.75, 3.05) is 31.1 Å². The van der Waals surface area contributed by atoms with E-state index in [0.29, 0.717) is 38.1 Å². The van der Waals surface area contributed by atoms with E-state index >= 15 is 0 Å². The van der Waals surface area contributed by atoms with Gasteiger partial charge in [-0.15, -0.1) is 0 Å². The van der Waals surface area contributed by atoms with Gasteiger partial charge in [0.25, 0.3) is 5.91 Å². The summed E-state index contributed by atoms with van der Waals surface area (Å²) < 4.78 is 41.1. The molecule has 4 heterocycles. The molecule has 3 atom stereocenters. The van der Waals surface area contributed by atoms with Gasteiger partial charge in [-0.2, -0.15) is 18.4 Å². The summed E-state index contributed by atoms with van der Waals surface area (Å²) in [7, 11) is 0. The summed E-state index contributed by atoms with van der Waals surface area (Å²) in [6.45, 7) is 11.0. The first-order chi connectivity index (χ1) is 27.0. The molecule has 1 aromatic carbocycles. The summed E-state index contributed by atoms with van der Waals surface area (Å²) in [6.07, 6.45) is 3.76. The summed E-state index contributed by atoms with van der Waals surface area (Å²) in [4.78, 5) is 62.2.